The zero-order valence-electron chi connectivity index (χ0n) is 14.3. The number of nitrogens with zero attached hydrogens (tertiary/aromatic N) is 3. The number of hydrazone groups is 1. The Labute approximate surface area is 166 Å². The molecule has 0 N–H and O–H groups in total. The van der Waals surface area contributed by atoms with Gasteiger partial charge in [0, 0.05) is 17.6 Å². The zero-order chi connectivity index (χ0) is 18.6. The number of furan rings is 1. The number of hydrogen-bond donors (Lipinski definition) is 0. The van der Waals surface area contributed by atoms with E-state index < -0.39 is 0 Å². The highest BCUT2D eigenvalue weighted by atomic mass is 35.5. The van der Waals surface area contributed by atoms with E-state index in [1.165, 1.54) is 16.8 Å². The van der Waals surface area contributed by atoms with E-state index in [0.29, 0.717) is 11.4 Å². The van der Waals surface area contributed by atoms with Crippen molar-refractivity contribution < 1.29 is 9.21 Å². The molecule has 1 aliphatic heterocycles. The number of carbonyl (C=O) groups is 1. The van der Waals surface area contributed by atoms with Gasteiger partial charge in [0.2, 0.25) is 0 Å². The van der Waals surface area contributed by atoms with Crippen molar-refractivity contribution in [2.75, 3.05) is 5.75 Å². The molecule has 1 aliphatic rings. The summed E-state index contributed by atoms with van der Waals surface area (Å²) in [5.41, 5.74) is 1.79. The Morgan fingerprint density at radius 2 is 2.04 bits per heavy atom. The van der Waals surface area contributed by atoms with Crippen LogP contribution >= 0.6 is 23.4 Å². The molecule has 0 fully saturated rings. The molecular weight excluding hydrogens is 382 g/mol. The minimum Gasteiger partial charge on any atom is -0.467 e. The van der Waals surface area contributed by atoms with Crippen LogP contribution in [0, 0.1) is 0 Å². The SMILES string of the molecule is O=C(CSc1ccccn1)N1N=C(c2ccc(Cl)cc2)CC1c1ccco1. The number of rotatable bonds is 5. The van der Waals surface area contributed by atoms with Gasteiger partial charge in [0.1, 0.15) is 11.8 Å². The van der Waals surface area contributed by atoms with Crippen molar-refractivity contribution in [3.05, 3.63) is 83.4 Å². The molecule has 0 bridgehead atoms. The van der Waals surface area contributed by atoms with Crippen LogP contribution in [0.4, 0.5) is 0 Å². The van der Waals surface area contributed by atoms with Crippen LogP contribution < -0.4 is 0 Å². The summed E-state index contributed by atoms with van der Waals surface area (Å²) in [6.45, 7) is 0. The Hall–Kier alpha value is -2.57. The third kappa shape index (κ3) is 4.07. The summed E-state index contributed by atoms with van der Waals surface area (Å²) >= 11 is 7.37. The zero-order valence-corrected chi connectivity index (χ0v) is 15.9. The molecule has 0 aliphatic carbocycles. The van der Waals surface area contributed by atoms with Gasteiger partial charge in [0.15, 0.2) is 0 Å². The maximum atomic E-state index is 12.9. The molecule has 3 aromatic rings. The van der Waals surface area contributed by atoms with Crippen LogP contribution in [0.1, 0.15) is 23.8 Å². The van der Waals surface area contributed by atoms with Crippen LogP contribution in [0.3, 0.4) is 0 Å². The first-order chi connectivity index (χ1) is 13.2. The number of pyridine rings is 1. The summed E-state index contributed by atoms with van der Waals surface area (Å²) in [6.07, 6.45) is 3.92. The Balaban J connectivity index is 1.55. The molecular formula is C20H16ClN3O2S. The van der Waals surface area contributed by atoms with E-state index in [-0.39, 0.29) is 17.7 Å². The minimum absolute atomic E-state index is 0.0870. The molecule has 0 saturated heterocycles. The van der Waals surface area contributed by atoms with Gasteiger partial charge in [0.05, 0.1) is 22.8 Å². The Morgan fingerprint density at radius 3 is 2.74 bits per heavy atom. The lowest BCUT2D eigenvalue weighted by atomic mass is 10.0. The number of hydrogen-bond acceptors (Lipinski definition) is 5. The average Bonchev–Trinajstić information content (AvgIpc) is 3.37. The summed E-state index contributed by atoms with van der Waals surface area (Å²) in [5, 5.41) is 7.60. The molecule has 1 amide bonds. The normalized spacial score (nSPS) is 16.4. The van der Waals surface area contributed by atoms with Crippen molar-refractivity contribution in [3.8, 4) is 0 Å². The molecule has 1 unspecified atom stereocenters. The number of aromatic nitrogens is 1. The lowest BCUT2D eigenvalue weighted by molar-refractivity contribution is -0.130. The fourth-order valence-electron chi connectivity index (χ4n) is 2.89. The molecule has 3 heterocycles. The van der Waals surface area contributed by atoms with Crippen LogP contribution in [0.2, 0.25) is 5.02 Å². The second-order valence-electron chi connectivity index (χ2n) is 5.98. The third-order valence-corrected chi connectivity index (χ3v) is 5.38. The van der Waals surface area contributed by atoms with E-state index >= 15 is 0 Å². The van der Waals surface area contributed by atoms with Crippen molar-refractivity contribution >= 4 is 35.0 Å². The molecule has 4 rings (SSSR count). The largest absolute Gasteiger partial charge is 0.467 e. The van der Waals surface area contributed by atoms with Gasteiger partial charge in [-0.15, -0.1) is 0 Å². The van der Waals surface area contributed by atoms with Crippen molar-refractivity contribution in [2.45, 2.75) is 17.5 Å². The molecule has 0 radical (unpaired) electrons. The number of carbonyl (C=O) groups excluding carboxylic acids is 1. The first-order valence-electron chi connectivity index (χ1n) is 8.43. The van der Waals surface area contributed by atoms with E-state index in [1.54, 1.807) is 12.5 Å². The van der Waals surface area contributed by atoms with Gasteiger partial charge < -0.3 is 4.42 Å². The van der Waals surface area contributed by atoms with Crippen molar-refractivity contribution in [1.29, 1.82) is 0 Å². The molecule has 1 atom stereocenters. The van der Waals surface area contributed by atoms with Gasteiger partial charge >= 0.3 is 0 Å². The highest BCUT2D eigenvalue weighted by molar-refractivity contribution is 7.99. The maximum absolute atomic E-state index is 12.9. The fourth-order valence-corrected chi connectivity index (χ4v) is 3.73. The Bertz CT molecular complexity index is 943. The number of amides is 1. The highest BCUT2D eigenvalue weighted by Crippen LogP contribution is 2.34. The average molecular weight is 398 g/mol. The van der Waals surface area contributed by atoms with Crippen LogP contribution in [-0.2, 0) is 4.79 Å². The van der Waals surface area contributed by atoms with E-state index in [2.05, 4.69) is 10.1 Å². The van der Waals surface area contributed by atoms with Crippen LogP contribution in [0.15, 0.2) is 81.6 Å². The van der Waals surface area contributed by atoms with Crippen LogP contribution in [-0.4, -0.2) is 27.4 Å². The monoisotopic (exact) mass is 397 g/mol. The number of halogens is 1. The summed E-state index contributed by atoms with van der Waals surface area (Å²) < 4.78 is 5.56. The summed E-state index contributed by atoms with van der Waals surface area (Å²) in [7, 11) is 0. The third-order valence-electron chi connectivity index (χ3n) is 4.20. The predicted molar refractivity (Wildman–Crippen MR) is 106 cm³/mol. The second kappa shape index (κ2) is 7.98. The fraction of sp³-hybridized carbons (Fsp3) is 0.150. The molecule has 5 nitrogen and oxygen atoms in total. The molecule has 27 heavy (non-hydrogen) atoms. The molecule has 2 aromatic heterocycles. The Morgan fingerprint density at radius 1 is 1.19 bits per heavy atom. The van der Waals surface area contributed by atoms with Crippen molar-refractivity contribution in [1.82, 2.24) is 9.99 Å². The number of thioether (sulfide) groups is 1. The van der Waals surface area contributed by atoms with Crippen LogP contribution in [0.25, 0.3) is 0 Å². The molecule has 1 aromatic carbocycles. The lowest BCUT2D eigenvalue weighted by Gasteiger charge is -2.19. The molecule has 0 spiro atoms. The lowest BCUT2D eigenvalue weighted by Crippen LogP contribution is -2.28. The quantitative estimate of drug-likeness (QED) is 0.580. The highest BCUT2D eigenvalue weighted by Gasteiger charge is 2.34. The first-order valence-corrected chi connectivity index (χ1v) is 9.80. The van der Waals surface area contributed by atoms with E-state index in [4.69, 9.17) is 16.0 Å². The van der Waals surface area contributed by atoms with Gasteiger partial charge in [-0.2, -0.15) is 5.10 Å². The van der Waals surface area contributed by atoms with Gasteiger partial charge in [-0.25, -0.2) is 9.99 Å². The molecule has 0 saturated carbocycles. The number of benzene rings is 1. The van der Waals surface area contributed by atoms with Gasteiger partial charge in [0.25, 0.3) is 5.91 Å². The van der Waals surface area contributed by atoms with Gasteiger partial charge in [-0.05, 0) is 42.0 Å². The van der Waals surface area contributed by atoms with Crippen molar-refractivity contribution in [2.24, 2.45) is 5.10 Å². The van der Waals surface area contributed by atoms with E-state index in [1.807, 2.05) is 54.6 Å². The Kier molecular flexibility index (Phi) is 5.27. The first kappa shape index (κ1) is 17.8. The van der Waals surface area contributed by atoms with E-state index in [0.717, 1.165) is 22.1 Å². The second-order valence-corrected chi connectivity index (χ2v) is 7.42. The van der Waals surface area contributed by atoms with Crippen LogP contribution in [0.5, 0.6) is 0 Å². The maximum Gasteiger partial charge on any atom is 0.253 e. The van der Waals surface area contributed by atoms with Gasteiger partial charge in [-0.3, -0.25) is 4.79 Å². The van der Waals surface area contributed by atoms with Crippen molar-refractivity contribution in [3.63, 3.8) is 0 Å². The molecule has 136 valence electrons. The van der Waals surface area contributed by atoms with E-state index in [9.17, 15) is 4.79 Å². The summed E-state index contributed by atoms with van der Waals surface area (Å²) in [6, 6.07) is 16.5. The van der Waals surface area contributed by atoms with Gasteiger partial charge in [-0.1, -0.05) is 41.6 Å². The molecule has 7 heteroatoms. The standard InChI is InChI=1S/C20H16ClN3O2S/c21-15-8-6-14(7-9-15)16-12-17(18-4-3-11-26-18)24(23-16)20(25)13-27-19-5-1-2-10-22-19/h1-11,17H,12-13H2. The smallest absolute Gasteiger partial charge is 0.253 e. The predicted octanol–water partition coefficient (Wildman–Crippen LogP) is 4.80. The summed E-state index contributed by atoms with van der Waals surface area (Å²) in [4.78, 5) is 17.1. The summed E-state index contributed by atoms with van der Waals surface area (Å²) in [5.74, 6) is 0.890. The topological polar surface area (TPSA) is 58.7 Å². The minimum atomic E-state index is -0.248.